The summed E-state index contributed by atoms with van der Waals surface area (Å²) in [7, 11) is 0. The van der Waals surface area contributed by atoms with Crippen LogP contribution < -0.4 is 0 Å². The quantitative estimate of drug-likeness (QED) is 0.667. The van der Waals surface area contributed by atoms with Crippen LogP contribution in [0.15, 0.2) is 0 Å². The van der Waals surface area contributed by atoms with Gasteiger partial charge in [-0.3, -0.25) is 0 Å². The number of ether oxygens (including phenoxy) is 1. The van der Waals surface area contributed by atoms with Crippen molar-refractivity contribution in [2.24, 2.45) is 23.7 Å². The molecule has 0 aliphatic heterocycles. The lowest BCUT2D eigenvalue weighted by atomic mass is 9.67. The molecule has 0 heterocycles. The average molecular weight is 264 g/mol. The van der Waals surface area contributed by atoms with Crippen LogP contribution in [0.5, 0.6) is 0 Å². The minimum absolute atomic E-state index is 0.591. The van der Waals surface area contributed by atoms with Crippen molar-refractivity contribution in [2.75, 3.05) is 0 Å². The molecule has 0 spiro atoms. The second-order valence-electron chi connectivity index (χ2n) is 7.90. The van der Waals surface area contributed by atoms with E-state index in [4.69, 9.17) is 4.74 Å². The van der Waals surface area contributed by atoms with Gasteiger partial charge in [-0.25, -0.2) is 0 Å². The normalized spacial score (nSPS) is 47.7. The number of rotatable bonds is 2. The van der Waals surface area contributed by atoms with Crippen LogP contribution in [0.25, 0.3) is 0 Å². The van der Waals surface area contributed by atoms with Crippen molar-refractivity contribution in [3.8, 4) is 0 Å². The van der Waals surface area contributed by atoms with Gasteiger partial charge in [-0.1, -0.05) is 33.1 Å². The maximum absolute atomic E-state index is 6.48. The Balaban J connectivity index is 1.48. The summed E-state index contributed by atoms with van der Waals surface area (Å²) in [5.74, 6) is 3.91. The van der Waals surface area contributed by atoms with Gasteiger partial charge in [0.2, 0.25) is 0 Å². The molecule has 0 bridgehead atoms. The minimum Gasteiger partial charge on any atom is -0.375 e. The zero-order valence-corrected chi connectivity index (χ0v) is 12.9. The van der Waals surface area contributed by atoms with E-state index in [-0.39, 0.29) is 0 Å². The lowest BCUT2D eigenvalue weighted by Crippen LogP contribution is -2.36. The van der Waals surface area contributed by atoms with E-state index in [0.29, 0.717) is 12.2 Å². The fourth-order valence-electron chi connectivity index (χ4n) is 4.98. The van der Waals surface area contributed by atoms with E-state index in [2.05, 4.69) is 13.8 Å². The molecule has 1 nitrogen and oxygen atoms in total. The van der Waals surface area contributed by atoms with Gasteiger partial charge in [0.1, 0.15) is 0 Å². The molecule has 0 saturated heterocycles. The van der Waals surface area contributed by atoms with Gasteiger partial charge < -0.3 is 4.74 Å². The van der Waals surface area contributed by atoms with Crippen molar-refractivity contribution in [3.63, 3.8) is 0 Å². The van der Waals surface area contributed by atoms with Crippen molar-refractivity contribution in [1.29, 1.82) is 0 Å². The molecule has 110 valence electrons. The highest BCUT2D eigenvalue weighted by Gasteiger charge is 2.35. The van der Waals surface area contributed by atoms with Crippen LogP contribution in [0.2, 0.25) is 0 Å². The zero-order chi connectivity index (χ0) is 13.2. The molecule has 1 heteroatoms. The molecule has 0 amide bonds. The van der Waals surface area contributed by atoms with Crippen LogP contribution >= 0.6 is 0 Å². The van der Waals surface area contributed by atoms with E-state index in [0.717, 1.165) is 23.7 Å². The highest BCUT2D eigenvalue weighted by atomic mass is 16.5. The molecule has 6 atom stereocenters. The Morgan fingerprint density at radius 2 is 1.32 bits per heavy atom. The highest BCUT2D eigenvalue weighted by Crippen LogP contribution is 2.44. The summed E-state index contributed by atoms with van der Waals surface area (Å²) >= 11 is 0. The smallest absolute Gasteiger partial charge is 0.0581 e. The summed E-state index contributed by atoms with van der Waals surface area (Å²) in [4.78, 5) is 0. The molecular weight excluding hydrogens is 232 g/mol. The van der Waals surface area contributed by atoms with E-state index < -0.39 is 0 Å². The molecule has 3 fully saturated rings. The Morgan fingerprint density at radius 1 is 0.632 bits per heavy atom. The predicted molar refractivity (Wildman–Crippen MR) is 80.1 cm³/mol. The Kier molecular flexibility index (Phi) is 4.51. The number of hydrogen-bond donors (Lipinski definition) is 0. The Bertz CT molecular complexity index is 287. The van der Waals surface area contributed by atoms with Crippen LogP contribution in [0.1, 0.15) is 78.1 Å². The second kappa shape index (κ2) is 6.16. The van der Waals surface area contributed by atoms with Gasteiger partial charge in [0, 0.05) is 0 Å². The molecular formula is C18H32O. The van der Waals surface area contributed by atoms with Crippen molar-refractivity contribution < 1.29 is 4.74 Å². The third-order valence-corrected chi connectivity index (χ3v) is 6.10. The van der Waals surface area contributed by atoms with E-state index in [1.807, 2.05) is 0 Å². The van der Waals surface area contributed by atoms with Gasteiger partial charge in [0.25, 0.3) is 0 Å². The van der Waals surface area contributed by atoms with Crippen molar-refractivity contribution in [3.05, 3.63) is 0 Å². The fraction of sp³-hybridized carbons (Fsp3) is 1.00. The number of hydrogen-bond acceptors (Lipinski definition) is 1. The highest BCUT2D eigenvalue weighted by molar-refractivity contribution is 4.86. The van der Waals surface area contributed by atoms with Crippen LogP contribution in [0.3, 0.4) is 0 Å². The van der Waals surface area contributed by atoms with Crippen LogP contribution in [0.4, 0.5) is 0 Å². The van der Waals surface area contributed by atoms with Gasteiger partial charge in [0.15, 0.2) is 0 Å². The molecule has 0 aromatic heterocycles. The summed E-state index contributed by atoms with van der Waals surface area (Å²) < 4.78 is 6.48. The summed E-state index contributed by atoms with van der Waals surface area (Å²) in [5, 5.41) is 0. The maximum Gasteiger partial charge on any atom is 0.0581 e. The molecule has 6 unspecified atom stereocenters. The summed E-state index contributed by atoms with van der Waals surface area (Å²) in [5.41, 5.74) is 0. The molecule has 3 saturated carbocycles. The number of fused-ring (bicyclic) bond motifs is 1. The van der Waals surface area contributed by atoms with Crippen molar-refractivity contribution in [2.45, 2.75) is 90.3 Å². The lowest BCUT2D eigenvalue weighted by molar-refractivity contribution is -0.0766. The molecule has 3 rings (SSSR count). The molecule has 0 aromatic carbocycles. The standard InChI is InChI=1S/C18H32O/c1-13-4-3-5-17(11-13)19-18-9-8-15-10-14(2)6-7-16(15)12-18/h13-18H,3-12H2,1-2H3. The van der Waals surface area contributed by atoms with Gasteiger partial charge in [-0.2, -0.15) is 0 Å². The van der Waals surface area contributed by atoms with Gasteiger partial charge in [-0.05, 0) is 68.6 Å². The molecule has 0 aromatic rings. The van der Waals surface area contributed by atoms with E-state index in [1.165, 1.54) is 64.2 Å². The van der Waals surface area contributed by atoms with E-state index in [1.54, 1.807) is 0 Å². The molecule has 0 radical (unpaired) electrons. The van der Waals surface area contributed by atoms with Crippen LogP contribution in [0, 0.1) is 23.7 Å². The largest absolute Gasteiger partial charge is 0.375 e. The molecule has 19 heavy (non-hydrogen) atoms. The SMILES string of the molecule is CC1CCCC(OC2CCC3CC(C)CCC3C2)C1. The van der Waals surface area contributed by atoms with Crippen molar-refractivity contribution in [1.82, 2.24) is 0 Å². The minimum atomic E-state index is 0.591. The van der Waals surface area contributed by atoms with E-state index >= 15 is 0 Å². The second-order valence-corrected chi connectivity index (χ2v) is 7.90. The first-order chi connectivity index (χ1) is 9.20. The van der Waals surface area contributed by atoms with Crippen molar-refractivity contribution >= 4 is 0 Å². The average Bonchev–Trinajstić information content (AvgIpc) is 2.39. The Labute approximate surface area is 119 Å². The first-order valence-corrected chi connectivity index (χ1v) is 8.86. The Morgan fingerprint density at radius 3 is 2.16 bits per heavy atom. The van der Waals surface area contributed by atoms with Gasteiger partial charge in [0.05, 0.1) is 12.2 Å². The summed E-state index contributed by atoms with van der Waals surface area (Å²) in [6.07, 6.45) is 15.3. The molecule has 3 aliphatic carbocycles. The molecule has 0 N–H and O–H groups in total. The fourth-order valence-corrected chi connectivity index (χ4v) is 4.98. The first kappa shape index (κ1) is 13.9. The van der Waals surface area contributed by atoms with Crippen LogP contribution in [-0.4, -0.2) is 12.2 Å². The lowest BCUT2D eigenvalue weighted by Gasteiger charge is -2.42. The third kappa shape index (κ3) is 3.54. The van der Waals surface area contributed by atoms with E-state index in [9.17, 15) is 0 Å². The van der Waals surface area contributed by atoms with Gasteiger partial charge >= 0.3 is 0 Å². The molecule has 3 aliphatic rings. The van der Waals surface area contributed by atoms with Crippen LogP contribution in [-0.2, 0) is 4.74 Å². The summed E-state index contributed by atoms with van der Waals surface area (Å²) in [6.45, 7) is 4.84. The predicted octanol–water partition coefficient (Wildman–Crippen LogP) is 5.19. The summed E-state index contributed by atoms with van der Waals surface area (Å²) in [6, 6.07) is 0. The van der Waals surface area contributed by atoms with Gasteiger partial charge in [-0.15, -0.1) is 0 Å². The first-order valence-electron chi connectivity index (χ1n) is 8.86. The Hall–Kier alpha value is -0.0400. The third-order valence-electron chi connectivity index (χ3n) is 6.10. The topological polar surface area (TPSA) is 9.23 Å². The zero-order valence-electron chi connectivity index (χ0n) is 12.9. The monoisotopic (exact) mass is 264 g/mol. The maximum atomic E-state index is 6.48.